The van der Waals surface area contributed by atoms with Crippen LogP contribution in [0.1, 0.15) is 44.7 Å². The number of carbonyl (C=O) groups is 1. The quantitative estimate of drug-likeness (QED) is 0.591. The first-order chi connectivity index (χ1) is 12.0. The van der Waals surface area contributed by atoms with Crippen LogP contribution in [0.5, 0.6) is 5.75 Å². The largest absolute Gasteiger partial charge is 0.479 e. The molecule has 0 saturated heterocycles. The third-order valence-corrected chi connectivity index (χ3v) is 4.42. The van der Waals surface area contributed by atoms with Crippen LogP contribution in [-0.2, 0) is 22.4 Å². The Labute approximate surface area is 146 Å². The molecule has 5 heteroatoms. The van der Waals surface area contributed by atoms with Crippen LogP contribution < -0.4 is 10.4 Å². The average molecular weight is 344 g/mol. The molecule has 0 saturated carbocycles. The molecular weight excluding hydrogens is 320 g/mol. The van der Waals surface area contributed by atoms with Gasteiger partial charge in [-0.2, -0.15) is 0 Å². The van der Waals surface area contributed by atoms with Gasteiger partial charge in [-0.25, -0.2) is 9.59 Å². The second-order valence-corrected chi connectivity index (χ2v) is 6.90. The fourth-order valence-corrected chi connectivity index (χ4v) is 3.14. The van der Waals surface area contributed by atoms with E-state index in [1.807, 2.05) is 32.9 Å². The molecule has 0 aliphatic heterocycles. The molecule has 3 rings (SSSR count). The fraction of sp³-hybridized carbons (Fsp3) is 0.500. The zero-order valence-electron chi connectivity index (χ0n) is 15.0. The van der Waals surface area contributed by atoms with Crippen molar-refractivity contribution in [2.45, 2.75) is 52.6 Å². The second kappa shape index (κ2) is 7.30. The van der Waals surface area contributed by atoms with Gasteiger partial charge >= 0.3 is 11.6 Å². The van der Waals surface area contributed by atoms with Crippen molar-refractivity contribution in [3.8, 4) is 5.75 Å². The summed E-state index contributed by atoms with van der Waals surface area (Å²) in [6, 6.07) is 5.41. The summed E-state index contributed by atoms with van der Waals surface area (Å²) in [7, 11) is 0. The van der Waals surface area contributed by atoms with Gasteiger partial charge in [-0.15, -0.1) is 0 Å². The van der Waals surface area contributed by atoms with E-state index in [9.17, 15) is 9.59 Å². The molecule has 5 nitrogen and oxygen atoms in total. The number of ether oxygens (including phenoxy) is 2. The lowest BCUT2D eigenvalue weighted by atomic mass is 10.1. The highest BCUT2D eigenvalue weighted by atomic mass is 16.6. The number of carbonyl (C=O) groups excluding carboxylic acids is 1. The van der Waals surface area contributed by atoms with E-state index >= 15 is 0 Å². The number of rotatable bonds is 6. The van der Waals surface area contributed by atoms with Crippen molar-refractivity contribution in [2.24, 2.45) is 5.92 Å². The maximum Gasteiger partial charge on any atom is 0.347 e. The molecule has 1 atom stereocenters. The molecule has 1 aromatic heterocycles. The molecule has 25 heavy (non-hydrogen) atoms. The molecule has 1 aliphatic rings. The van der Waals surface area contributed by atoms with Crippen LogP contribution in [0.2, 0.25) is 0 Å². The molecule has 0 amide bonds. The lowest BCUT2D eigenvalue weighted by Gasteiger charge is -2.17. The smallest absolute Gasteiger partial charge is 0.347 e. The van der Waals surface area contributed by atoms with Gasteiger partial charge in [0.15, 0.2) is 6.10 Å². The lowest BCUT2D eigenvalue weighted by molar-refractivity contribution is -0.153. The summed E-state index contributed by atoms with van der Waals surface area (Å²) in [5, 5.41) is 0.954. The van der Waals surface area contributed by atoms with Crippen LogP contribution in [0, 0.1) is 5.92 Å². The summed E-state index contributed by atoms with van der Waals surface area (Å²) < 4.78 is 16.5. The molecule has 0 spiro atoms. The molecule has 1 heterocycles. The monoisotopic (exact) mass is 344 g/mol. The van der Waals surface area contributed by atoms with Crippen LogP contribution >= 0.6 is 0 Å². The van der Waals surface area contributed by atoms with E-state index in [1.165, 1.54) is 0 Å². The molecule has 0 radical (unpaired) electrons. The van der Waals surface area contributed by atoms with Crippen molar-refractivity contribution in [3.63, 3.8) is 0 Å². The summed E-state index contributed by atoms with van der Waals surface area (Å²) in [5.74, 6) is 0.409. The van der Waals surface area contributed by atoms with Gasteiger partial charge in [0.05, 0.1) is 6.61 Å². The number of hydrogen-bond donors (Lipinski definition) is 0. The summed E-state index contributed by atoms with van der Waals surface area (Å²) in [4.78, 5) is 24.2. The summed E-state index contributed by atoms with van der Waals surface area (Å²) >= 11 is 0. The van der Waals surface area contributed by atoms with Crippen molar-refractivity contribution in [1.29, 1.82) is 0 Å². The van der Waals surface area contributed by atoms with Gasteiger partial charge in [-0.3, -0.25) is 0 Å². The number of esters is 1. The highest BCUT2D eigenvalue weighted by Crippen LogP contribution is 2.30. The van der Waals surface area contributed by atoms with Gasteiger partial charge in [-0.05, 0) is 49.3 Å². The first-order valence-corrected chi connectivity index (χ1v) is 8.91. The van der Waals surface area contributed by atoms with E-state index in [4.69, 9.17) is 13.9 Å². The van der Waals surface area contributed by atoms with Crippen molar-refractivity contribution in [3.05, 3.63) is 39.7 Å². The molecule has 0 bridgehead atoms. The van der Waals surface area contributed by atoms with Gasteiger partial charge in [0.2, 0.25) is 0 Å². The summed E-state index contributed by atoms with van der Waals surface area (Å²) in [6.45, 7) is 6.21. The fourth-order valence-electron chi connectivity index (χ4n) is 3.14. The molecule has 0 unspecified atom stereocenters. The highest BCUT2D eigenvalue weighted by molar-refractivity contribution is 5.83. The van der Waals surface area contributed by atoms with Gasteiger partial charge < -0.3 is 13.9 Å². The molecule has 2 aromatic rings. The zero-order valence-corrected chi connectivity index (χ0v) is 15.0. The first kappa shape index (κ1) is 17.5. The minimum atomic E-state index is -0.669. The van der Waals surface area contributed by atoms with Crippen LogP contribution in [0.4, 0.5) is 0 Å². The Morgan fingerprint density at radius 2 is 2.00 bits per heavy atom. The number of hydrogen-bond acceptors (Lipinski definition) is 5. The molecule has 0 fully saturated rings. The van der Waals surface area contributed by atoms with Gasteiger partial charge in [0.25, 0.3) is 0 Å². The van der Waals surface area contributed by atoms with Crippen LogP contribution in [0.3, 0.4) is 0 Å². The van der Waals surface area contributed by atoms with E-state index in [1.54, 1.807) is 6.07 Å². The maximum atomic E-state index is 12.1. The third kappa shape index (κ3) is 3.70. The van der Waals surface area contributed by atoms with Crippen molar-refractivity contribution in [1.82, 2.24) is 0 Å². The summed E-state index contributed by atoms with van der Waals surface area (Å²) in [6.07, 6.45) is 2.50. The van der Waals surface area contributed by atoms with Gasteiger partial charge in [-0.1, -0.05) is 20.8 Å². The third-order valence-electron chi connectivity index (χ3n) is 4.42. The second-order valence-electron chi connectivity index (χ2n) is 6.90. The normalized spacial score (nSPS) is 14.6. The standard InChI is InChI=1S/C20H24O5/c1-4-17(20(22)23-11-12(2)3)24-13-8-9-15-14-6-5-7-16(14)19(21)25-18(15)10-13/h8-10,12,17H,4-7,11H2,1-3H3/t17-/m0/s1. The van der Waals surface area contributed by atoms with E-state index in [0.29, 0.717) is 24.4 Å². The van der Waals surface area contributed by atoms with E-state index < -0.39 is 6.10 Å². The highest BCUT2D eigenvalue weighted by Gasteiger charge is 2.22. The minimum absolute atomic E-state index is 0.263. The van der Waals surface area contributed by atoms with Gasteiger partial charge in [0, 0.05) is 17.0 Å². The van der Waals surface area contributed by atoms with E-state index in [-0.39, 0.29) is 17.5 Å². The Bertz CT molecular complexity index is 834. The topological polar surface area (TPSA) is 65.7 Å². The predicted octanol–water partition coefficient (Wildman–Crippen LogP) is 3.64. The lowest BCUT2D eigenvalue weighted by Crippen LogP contribution is -2.29. The van der Waals surface area contributed by atoms with Crippen molar-refractivity contribution >= 4 is 16.9 Å². The molecule has 0 N–H and O–H groups in total. The van der Waals surface area contributed by atoms with E-state index in [0.717, 1.165) is 35.8 Å². The zero-order chi connectivity index (χ0) is 18.0. The Kier molecular flexibility index (Phi) is 5.11. The molecule has 1 aromatic carbocycles. The van der Waals surface area contributed by atoms with Crippen molar-refractivity contribution < 1.29 is 18.7 Å². The number of benzene rings is 1. The predicted molar refractivity (Wildman–Crippen MR) is 95.0 cm³/mol. The maximum absolute atomic E-state index is 12.1. The van der Waals surface area contributed by atoms with Crippen LogP contribution in [-0.4, -0.2) is 18.7 Å². The Balaban J connectivity index is 1.83. The molecule has 1 aliphatic carbocycles. The van der Waals surface area contributed by atoms with Crippen molar-refractivity contribution in [2.75, 3.05) is 6.61 Å². The Morgan fingerprint density at radius 1 is 1.24 bits per heavy atom. The Hall–Kier alpha value is -2.30. The number of aryl methyl sites for hydroxylation is 1. The first-order valence-electron chi connectivity index (χ1n) is 8.91. The molecule has 134 valence electrons. The van der Waals surface area contributed by atoms with Gasteiger partial charge in [0.1, 0.15) is 11.3 Å². The summed E-state index contributed by atoms with van der Waals surface area (Å²) in [5.41, 5.74) is 2.13. The van der Waals surface area contributed by atoms with Crippen LogP contribution in [0.15, 0.2) is 27.4 Å². The number of fused-ring (bicyclic) bond motifs is 3. The van der Waals surface area contributed by atoms with E-state index in [2.05, 4.69) is 0 Å². The average Bonchev–Trinajstić information content (AvgIpc) is 3.08. The Morgan fingerprint density at radius 3 is 2.72 bits per heavy atom. The SMILES string of the molecule is CC[C@H](Oc1ccc2c3c(c(=O)oc2c1)CCC3)C(=O)OCC(C)C. The van der Waals surface area contributed by atoms with Crippen LogP contribution in [0.25, 0.3) is 11.0 Å². The minimum Gasteiger partial charge on any atom is -0.479 e. The molecular formula is C20H24O5.